The summed E-state index contributed by atoms with van der Waals surface area (Å²) in [6, 6.07) is 0. The summed E-state index contributed by atoms with van der Waals surface area (Å²) in [5.74, 6) is -1.01. The quantitative estimate of drug-likeness (QED) is 0.0262. The van der Waals surface area contributed by atoms with Gasteiger partial charge in [-0.25, -0.2) is 0 Å². The van der Waals surface area contributed by atoms with Gasteiger partial charge in [-0.3, -0.25) is 14.4 Å². The van der Waals surface area contributed by atoms with Gasteiger partial charge in [0, 0.05) is 19.3 Å². The Morgan fingerprint density at radius 2 is 0.651 bits per heavy atom. The van der Waals surface area contributed by atoms with E-state index in [1.165, 1.54) is 109 Å². The Balaban J connectivity index is 4.52. The predicted molar refractivity (Wildman–Crippen MR) is 270 cm³/mol. The topological polar surface area (TPSA) is 78.9 Å². The van der Waals surface area contributed by atoms with Crippen LogP contribution in [0, 0.1) is 0 Å². The zero-order valence-corrected chi connectivity index (χ0v) is 41.1. The zero-order valence-electron chi connectivity index (χ0n) is 41.1. The SMILES string of the molecule is CC/C=C\C/C=C\C/C=C\C/C=C\C/C=C\CCC(=O)OCC(COC(=O)CCCCC/C=C\CCCCCCCCC)OC(=O)CCCCCCCCC/C=C\CCCCCC. The monoisotopic (exact) mass is 877 g/mol. The molecule has 0 N–H and O–H groups in total. The number of unbranched alkanes of at least 4 members (excludes halogenated alkanes) is 21. The van der Waals surface area contributed by atoms with Crippen LogP contribution in [0.4, 0.5) is 0 Å². The van der Waals surface area contributed by atoms with Gasteiger partial charge in [-0.15, -0.1) is 0 Å². The number of carbonyl (C=O) groups excluding carboxylic acids is 3. The van der Waals surface area contributed by atoms with E-state index in [-0.39, 0.29) is 37.5 Å². The van der Waals surface area contributed by atoms with E-state index in [2.05, 4.69) is 99.8 Å². The highest BCUT2D eigenvalue weighted by atomic mass is 16.6. The van der Waals surface area contributed by atoms with Gasteiger partial charge in [0.25, 0.3) is 0 Å². The van der Waals surface area contributed by atoms with E-state index in [0.717, 1.165) is 83.5 Å². The number of esters is 3. The predicted octanol–water partition coefficient (Wildman–Crippen LogP) is 17.2. The fourth-order valence-corrected chi connectivity index (χ4v) is 6.95. The summed E-state index contributed by atoms with van der Waals surface area (Å²) in [7, 11) is 0. The lowest BCUT2D eigenvalue weighted by atomic mass is 10.1. The molecule has 0 bridgehead atoms. The van der Waals surface area contributed by atoms with E-state index < -0.39 is 6.10 Å². The number of ether oxygens (including phenoxy) is 3. The van der Waals surface area contributed by atoms with Crippen molar-refractivity contribution < 1.29 is 28.6 Å². The Morgan fingerprint density at radius 1 is 0.333 bits per heavy atom. The summed E-state index contributed by atoms with van der Waals surface area (Å²) in [5.41, 5.74) is 0. The molecule has 360 valence electrons. The summed E-state index contributed by atoms with van der Waals surface area (Å²) < 4.78 is 16.7. The third-order valence-electron chi connectivity index (χ3n) is 10.9. The molecule has 0 aliphatic heterocycles. The first kappa shape index (κ1) is 59.6. The summed E-state index contributed by atoms with van der Waals surface area (Å²) in [4.78, 5) is 37.9. The maximum Gasteiger partial charge on any atom is 0.306 e. The van der Waals surface area contributed by atoms with Crippen molar-refractivity contribution in [1.82, 2.24) is 0 Å². The Morgan fingerprint density at radius 3 is 1.10 bits per heavy atom. The first-order chi connectivity index (χ1) is 31.0. The molecular formula is C57H96O6. The summed E-state index contributed by atoms with van der Waals surface area (Å²) in [5, 5.41) is 0. The minimum absolute atomic E-state index is 0.109. The van der Waals surface area contributed by atoms with E-state index in [9.17, 15) is 14.4 Å². The first-order valence-electron chi connectivity index (χ1n) is 26.1. The molecule has 6 heteroatoms. The maximum absolute atomic E-state index is 12.8. The molecule has 0 aliphatic carbocycles. The van der Waals surface area contributed by atoms with Crippen molar-refractivity contribution in [2.75, 3.05) is 13.2 Å². The van der Waals surface area contributed by atoms with Crippen LogP contribution in [0.5, 0.6) is 0 Å². The van der Waals surface area contributed by atoms with Crippen molar-refractivity contribution in [1.29, 1.82) is 0 Å². The highest BCUT2D eigenvalue weighted by Crippen LogP contribution is 2.13. The molecule has 0 aliphatic rings. The van der Waals surface area contributed by atoms with E-state index in [1.54, 1.807) is 0 Å². The third-order valence-corrected chi connectivity index (χ3v) is 10.9. The van der Waals surface area contributed by atoms with Crippen molar-refractivity contribution in [2.24, 2.45) is 0 Å². The lowest BCUT2D eigenvalue weighted by Gasteiger charge is -2.18. The van der Waals surface area contributed by atoms with Gasteiger partial charge >= 0.3 is 17.9 Å². The second kappa shape index (κ2) is 51.2. The van der Waals surface area contributed by atoms with Gasteiger partial charge in [-0.1, -0.05) is 202 Å². The van der Waals surface area contributed by atoms with E-state index in [4.69, 9.17) is 14.2 Å². The summed E-state index contributed by atoms with van der Waals surface area (Å²) >= 11 is 0. The van der Waals surface area contributed by atoms with Crippen molar-refractivity contribution in [3.05, 3.63) is 85.1 Å². The van der Waals surface area contributed by atoms with Crippen LogP contribution in [-0.2, 0) is 28.6 Å². The van der Waals surface area contributed by atoms with E-state index in [0.29, 0.717) is 19.3 Å². The molecule has 1 unspecified atom stereocenters. The van der Waals surface area contributed by atoms with Crippen molar-refractivity contribution in [2.45, 2.75) is 245 Å². The molecular weight excluding hydrogens is 781 g/mol. The lowest BCUT2D eigenvalue weighted by molar-refractivity contribution is -0.166. The Kier molecular flexibility index (Phi) is 48.5. The number of allylic oxidation sites excluding steroid dienone is 14. The van der Waals surface area contributed by atoms with Crippen LogP contribution < -0.4 is 0 Å². The normalized spacial score (nSPS) is 12.7. The molecule has 0 radical (unpaired) electrons. The number of rotatable bonds is 46. The Bertz CT molecular complexity index is 1240. The summed E-state index contributed by atoms with van der Waals surface area (Å²) in [6.07, 6.45) is 65.8. The van der Waals surface area contributed by atoms with Crippen molar-refractivity contribution in [3.63, 3.8) is 0 Å². The molecule has 0 heterocycles. The summed E-state index contributed by atoms with van der Waals surface area (Å²) in [6.45, 7) is 6.42. The fraction of sp³-hybridized carbons (Fsp3) is 0.702. The Labute approximate surface area is 388 Å². The molecule has 0 amide bonds. The molecule has 0 aromatic rings. The number of hydrogen-bond acceptors (Lipinski definition) is 6. The third kappa shape index (κ3) is 49.5. The van der Waals surface area contributed by atoms with Gasteiger partial charge in [0.1, 0.15) is 13.2 Å². The minimum atomic E-state index is -0.814. The number of hydrogen-bond donors (Lipinski definition) is 0. The van der Waals surface area contributed by atoms with E-state index in [1.807, 2.05) is 6.08 Å². The smallest absolute Gasteiger partial charge is 0.306 e. The molecule has 0 saturated carbocycles. The van der Waals surface area contributed by atoms with Crippen LogP contribution in [0.25, 0.3) is 0 Å². The fourth-order valence-electron chi connectivity index (χ4n) is 6.95. The van der Waals surface area contributed by atoms with E-state index >= 15 is 0 Å². The molecule has 0 aromatic heterocycles. The number of carbonyl (C=O) groups is 3. The van der Waals surface area contributed by atoms with Crippen LogP contribution in [-0.4, -0.2) is 37.2 Å². The van der Waals surface area contributed by atoms with Gasteiger partial charge in [0.05, 0.1) is 0 Å². The standard InChI is InChI=1S/C57H96O6/c1-4-7-10-13-16-19-22-25-28-30-32-35-38-41-44-47-50-56(59)62-53-54(52-61-55(58)49-46-43-40-37-34-31-27-24-21-18-15-12-9-6-3)63-57(60)51-48-45-42-39-36-33-29-26-23-20-17-14-11-8-5-2/h7,10,16,19-20,23,25,28,31-32,34-35,41,44,54H,4-6,8-9,11-15,17-18,21-22,24,26-27,29-30,33,36-40,42-43,45-53H2,1-3H3/b10-7-,19-16-,23-20-,28-25-,34-31-,35-32-,44-41-. The van der Waals surface area contributed by atoms with Gasteiger partial charge in [-0.05, 0) is 103 Å². The Hall–Kier alpha value is -3.41. The second-order valence-corrected chi connectivity index (χ2v) is 17.0. The largest absolute Gasteiger partial charge is 0.462 e. The molecule has 0 rings (SSSR count). The van der Waals surface area contributed by atoms with Crippen molar-refractivity contribution in [3.8, 4) is 0 Å². The van der Waals surface area contributed by atoms with Crippen LogP contribution in [0.15, 0.2) is 85.1 Å². The molecule has 63 heavy (non-hydrogen) atoms. The molecule has 6 nitrogen and oxygen atoms in total. The van der Waals surface area contributed by atoms with Crippen molar-refractivity contribution >= 4 is 17.9 Å². The van der Waals surface area contributed by atoms with Gasteiger partial charge in [0.15, 0.2) is 6.10 Å². The van der Waals surface area contributed by atoms with Crippen LogP contribution in [0.2, 0.25) is 0 Å². The van der Waals surface area contributed by atoms with Gasteiger partial charge in [-0.2, -0.15) is 0 Å². The lowest BCUT2D eigenvalue weighted by Crippen LogP contribution is -2.30. The highest BCUT2D eigenvalue weighted by Gasteiger charge is 2.19. The van der Waals surface area contributed by atoms with Crippen LogP contribution in [0.1, 0.15) is 239 Å². The molecule has 0 spiro atoms. The van der Waals surface area contributed by atoms with Crippen LogP contribution >= 0.6 is 0 Å². The average molecular weight is 877 g/mol. The van der Waals surface area contributed by atoms with Gasteiger partial charge in [0.2, 0.25) is 0 Å². The maximum atomic E-state index is 12.8. The molecule has 1 atom stereocenters. The second-order valence-electron chi connectivity index (χ2n) is 17.0. The van der Waals surface area contributed by atoms with Crippen LogP contribution in [0.3, 0.4) is 0 Å². The molecule has 0 fully saturated rings. The minimum Gasteiger partial charge on any atom is -0.462 e. The zero-order chi connectivity index (χ0) is 45.8. The molecule has 0 aromatic carbocycles. The average Bonchev–Trinajstić information content (AvgIpc) is 3.28. The molecule has 0 saturated heterocycles. The van der Waals surface area contributed by atoms with Gasteiger partial charge < -0.3 is 14.2 Å². The highest BCUT2D eigenvalue weighted by molar-refractivity contribution is 5.71. The first-order valence-corrected chi connectivity index (χ1v) is 26.1.